The Morgan fingerprint density at radius 3 is 2.75 bits per heavy atom. The van der Waals surface area contributed by atoms with Gasteiger partial charge in [-0.1, -0.05) is 6.07 Å². The average Bonchev–Trinajstić information content (AvgIpc) is 3.31. The molecule has 2 aliphatic heterocycles. The van der Waals surface area contributed by atoms with Gasteiger partial charge in [0.25, 0.3) is 17.4 Å². The van der Waals surface area contributed by atoms with E-state index in [1.807, 2.05) is 22.8 Å². The van der Waals surface area contributed by atoms with Crippen molar-refractivity contribution in [3.05, 3.63) is 80.6 Å². The predicted molar refractivity (Wildman–Crippen MR) is 139 cm³/mol. The van der Waals surface area contributed by atoms with Crippen molar-refractivity contribution in [1.82, 2.24) is 9.88 Å². The van der Waals surface area contributed by atoms with E-state index in [1.54, 1.807) is 37.4 Å². The molecule has 188 valence electrons. The quantitative estimate of drug-likeness (QED) is 0.433. The van der Waals surface area contributed by atoms with E-state index in [9.17, 15) is 14.4 Å². The minimum absolute atomic E-state index is 0.0389. The van der Waals surface area contributed by atoms with Crippen molar-refractivity contribution in [2.24, 2.45) is 5.92 Å². The fourth-order valence-corrected chi connectivity index (χ4v) is 5.44. The van der Waals surface area contributed by atoms with Crippen LogP contribution in [-0.2, 0) is 11.3 Å². The summed E-state index contributed by atoms with van der Waals surface area (Å²) in [4.78, 5) is 40.3. The van der Waals surface area contributed by atoms with Gasteiger partial charge < -0.3 is 29.3 Å². The van der Waals surface area contributed by atoms with Crippen LogP contribution in [0.5, 0.6) is 0 Å². The lowest BCUT2D eigenvalue weighted by atomic mass is 9.83. The van der Waals surface area contributed by atoms with Crippen molar-refractivity contribution < 1.29 is 18.7 Å². The molecule has 9 nitrogen and oxygen atoms in total. The van der Waals surface area contributed by atoms with Crippen LogP contribution in [0.3, 0.4) is 0 Å². The van der Waals surface area contributed by atoms with Gasteiger partial charge in [0.1, 0.15) is 0 Å². The smallest absolute Gasteiger partial charge is 0.291 e. The molecule has 0 aliphatic carbocycles. The molecule has 4 heterocycles. The number of pyridine rings is 1. The number of hydrogen-bond acceptors (Lipinski definition) is 6. The number of carbonyl (C=O) groups is 2. The SMILES string of the molecule is COCCNC(=O)c1ccc(N2C[C@H]3C[C@@H](C2)c2cccc(=O)n2C3)c(NC(=O)c2ccc(Br)o2)c1. The Kier molecular flexibility index (Phi) is 6.97. The summed E-state index contributed by atoms with van der Waals surface area (Å²) in [6.45, 7) is 2.90. The van der Waals surface area contributed by atoms with Crippen molar-refractivity contribution in [2.45, 2.75) is 18.9 Å². The molecule has 2 aliphatic rings. The maximum atomic E-state index is 13.0. The van der Waals surface area contributed by atoms with Crippen LogP contribution in [0, 0.1) is 5.92 Å². The van der Waals surface area contributed by atoms with E-state index >= 15 is 0 Å². The van der Waals surface area contributed by atoms with Gasteiger partial charge in [-0.25, -0.2) is 0 Å². The summed E-state index contributed by atoms with van der Waals surface area (Å²) in [5.41, 5.74) is 2.86. The standard InChI is InChI=1S/C26H27BrN4O5/c1-35-10-9-28-25(33)17-5-6-21(19(12-17)29-26(34)22-7-8-23(27)36-22)30-13-16-11-18(15-30)20-3-2-4-24(32)31(20)14-16/h2-8,12,16,18H,9-11,13-15H2,1H3,(H,28,33)(H,29,34)/t16-,18+/m1/s1. The summed E-state index contributed by atoms with van der Waals surface area (Å²) < 4.78 is 12.8. The zero-order chi connectivity index (χ0) is 25.2. The van der Waals surface area contributed by atoms with Gasteiger partial charge in [-0.15, -0.1) is 0 Å². The van der Waals surface area contributed by atoms with Crippen molar-refractivity contribution in [2.75, 3.05) is 43.6 Å². The summed E-state index contributed by atoms with van der Waals surface area (Å²) in [6, 6.07) is 14.0. The number of hydrogen-bond donors (Lipinski definition) is 2. The van der Waals surface area contributed by atoms with Crippen molar-refractivity contribution in [1.29, 1.82) is 0 Å². The molecule has 3 aromatic rings. The molecular weight excluding hydrogens is 528 g/mol. The highest BCUT2D eigenvalue weighted by atomic mass is 79.9. The first-order valence-electron chi connectivity index (χ1n) is 11.9. The molecular formula is C26H27BrN4O5. The molecule has 0 spiro atoms. The number of nitrogens with one attached hydrogen (secondary N) is 2. The summed E-state index contributed by atoms with van der Waals surface area (Å²) in [5, 5.41) is 5.75. The number of ether oxygens (including phenoxy) is 1. The van der Waals surface area contributed by atoms with Gasteiger partial charge in [-0.2, -0.15) is 0 Å². The first-order valence-corrected chi connectivity index (χ1v) is 12.6. The lowest BCUT2D eigenvalue weighted by molar-refractivity contribution is 0.0935. The third-order valence-corrected chi connectivity index (χ3v) is 7.14. The zero-order valence-electron chi connectivity index (χ0n) is 19.8. The molecule has 36 heavy (non-hydrogen) atoms. The van der Waals surface area contributed by atoms with Gasteiger partial charge in [0, 0.05) is 56.5 Å². The third-order valence-electron chi connectivity index (χ3n) is 6.72. The highest BCUT2D eigenvalue weighted by Crippen LogP contribution is 2.39. The molecule has 2 bridgehead atoms. The third kappa shape index (κ3) is 4.96. The van der Waals surface area contributed by atoms with Gasteiger partial charge in [0.15, 0.2) is 10.4 Å². The van der Waals surface area contributed by atoms with Crippen LogP contribution in [0.4, 0.5) is 11.4 Å². The summed E-state index contributed by atoms with van der Waals surface area (Å²) in [5.74, 6) is 0.00388. The average molecular weight is 555 g/mol. The number of rotatable bonds is 7. The normalized spacial score (nSPS) is 18.4. The number of furan rings is 1. The van der Waals surface area contributed by atoms with Gasteiger partial charge in [0.2, 0.25) is 0 Å². The number of amides is 2. The Morgan fingerprint density at radius 2 is 1.97 bits per heavy atom. The number of halogens is 1. The van der Waals surface area contributed by atoms with Gasteiger partial charge in [0.05, 0.1) is 18.0 Å². The molecule has 2 N–H and O–H groups in total. The van der Waals surface area contributed by atoms with E-state index in [1.165, 1.54) is 0 Å². The van der Waals surface area contributed by atoms with Crippen LogP contribution < -0.4 is 21.1 Å². The van der Waals surface area contributed by atoms with Crippen LogP contribution in [-0.4, -0.2) is 49.7 Å². The lowest BCUT2D eigenvalue weighted by Crippen LogP contribution is -2.47. The van der Waals surface area contributed by atoms with E-state index in [0.717, 1.165) is 24.3 Å². The van der Waals surface area contributed by atoms with Gasteiger partial charge in [-0.3, -0.25) is 14.4 Å². The summed E-state index contributed by atoms with van der Waals surface area (Å²) >= 11 is 3.23. The number of methoxy groups -OCH3 is 1. The highest BCUT2D eigenvalue weighted by molar-refractivity contribution is 9.10. The molecule has 1 fully saturated rings. The second kappa shape index (κ2) is 10.3. The summed E-state index contributed by atoms with van der Waals surface area (Å²) in [6.07, 6.45) is 1.02. The highest BCUT2D eigenvalue weighted by Gasteiger charge is 2.35. The Balaban J connectivity index is 1.45. The van der Waals surface area contributed by atoms with Crippen LogP contribution >= 0.6 is 15.9 Å². The molecule has 5 rings (SSSR count). The number of benzene rings is 1. The molecule has 2 aromatic heterocycles. The zero-order valence-corrected chi connectivity index (χ0v) is 21.4. The van der Waals surface area contributed by atoms with Crippen molar-refractivity contribution in [3.63, 3.8) is 0 Å². The van der Waals surface area contributed by atoms with Crippen molar-refractivity contribution in [3.8, 4) is 0 Å². The van der Waals surface area contributed by atoms with E-state index < -0.39 is 5.91 Å². The topological polar surface area (TPSA) is 106 Å². The van der Waals surface area contributed by atoms with Crippen LogP contribution in [0.15, 0.2) is 62.4 Å². The Labute approximate surface area is 216 Å². The van der Waals surface area contributed by atoms with E-state index in [-0.39, 0.29) is 23.1 Å². The fourth-order valence-electron chi connectivity index (χ4n) is 5.14. The number of aromatic nitrogens is 1. The first-order chi connectivity index (χ1) is 17.4. The summed E-state index contributed by atoms with van der Waals surface area (Å²) in [7, 11) is 1.57. The molecule has 0 radical (unpaired) electrons. The second-order valence-electron chi connectivity index (χ2n) is 9.14. The number of piperidine rings is 1. The Bertz CT molecular complexity index is 1350. The second-order valence-corrected chi connectivity index (χ2v) is 9.92. The van der Waals surface area contributed by atoms with Gasteiger partial charge in [-0.05, 0) is 64.7 Å². The molecule has 0 saturated carbocycles. The molecule has 2 amide bonds. The van der Waals surface area contributed by atoms with Crippen molar-refractivity contribution >= 4 is 39.1 Å². The fraction of sp³-hybridized carbons (Fsp3) is 0.346. The molecule has 10 heteroatoms. The minimum atomic E-state index is -0.409. The molecule has 1 saturated heterocycles. The molecule has 2 atom stereocenters. The minimum Gasteiger partial charge on any atom is -0.444 e. The number of fused-ring (bicyclic) bond motifs is 4. The lowest BCUT2D eigenvalue weighted by Gasteiger charge is -2.44. The number of carbonyl (C=O) groups excluding carboxylic acids is 2. The predicted octanol–water partition coefficient (Wildman–Crippen LogP) is 3.46. The monoisotopic (exact) mass is 554 g/mol. The number of nitrogens with zero attached hydrogens (tertiary/aromatic N) is 2. The van der Waals surface area contributed by atoms with Crippen LogP contribution in [0.2, 0.25) is 0 Å². The van der Waals surface area contributed by atoms with E-state index in [4.69, 9.17) is 9.15 Å². The largest absolute Gasteiger partial charge is 0.444 e. The van der Waals surface area contributed by atoms with Crippen LogP contribution in [0.25, 0.3) is 0 Å². The molecule has 0 unspecified atom stereocenters. The van der Waals surface area contributed by atoms with Crippen LogP contribution in [0.1, 0.15) is 38.9 Å². The Morgan fingerprint density at radius 1 is 1.11 bits per heavy atom. The molecule has 1 aromatic carbocycles. The first kappa shape index (κ1) is 24.3. The van der Waals surface area contributed by atoms with Gasteiger partial charge >= 0.3 is 0 Å². The Hall–Kier alpha value is -3.37. The maximum absolute atomic E-state index is 13.0. The van der Waals surface area contributed by atoms with E-state index in [2.05, 4.69) is 31.5 Å². The number of anilines is 2. The van der Waals surface area contributed by atoms with E-state index in [0.29, 0.717) is 48.1 Å². The maximum Gasteiger partial charge on any atom is 0.291 e.